The lowest BCUT2D eigenvalue weighted by Gasteiger charge is -2.33. The third-order valence-corrected chi connectivity index (χ3v) is 8.28. The van der Waals surface area contributed by atoms with Crippen LogP contribution < -0.4 is 5.32 Å². The van der Waals surface area contributed by atoms with Gasteiger partial charge in [0.05, 0.1) is 23.6 Å². The summed E-state index contributed by atoms with van der Waals surface area (Å²) in [5.74, 6) is 0.600. The minimum atomic E-state index is -0.956. The van der Waals surface area contributed by atoms with E-state index in [1.165, 1.54) is 38.5 Å². The van der Waals surface area contributed by atoms with Crippen LogP contribution >= 0.6 is 0 Å². The Morgan fingerprint density at radius 1 is 1.08 bits per heavy atom. The number of ether oxygens (including phenoxy) is 2. The summed E-state index contributed by atoms with van der Waals surface area (Å²) in [4.78, 5) is 25.1. The second kappa shape index (κ2) is 13.8. The summed E-state index contributed by atoms with van der Waals surface area (Å²) in [6.45, 7) is 3.95. The summed E-state index contributed by atoms with van der Waals surface area (Å²) in [5.41, 5.74) is 1.70. The minimum Gasteiger partial charge on any atom is -0.493 e. The zero-order chi connectivity index (χ0) is 26.8. The second-order valence-electron chi connectivity index (χ2n) is 11.2. The van der Waals surface area contributed by atoms with Crippen molar-refractivity contribution in [3.63, 3.8) is 0 Å². The third kappa shape index (κ3) is 7.83. The van der Waals surface area contributed by atoms with E-state index in [9.17, 15) is 14.7 Å². The molecular formula is C32H43NO5. The number of carboxylic acid groups (broad SMARTS) is 1. The van der Waals surface area contributed by atoms with Crippen LogP contribution in [-0.2, 0) is 14.3 Å². The molecule has 2 atom stereocenters. The maximum atomic E-state index is 13.9. The van der Waals surface area contributed by atoms with Gasteiger partial charge in [-0.2, -0.15) is 0 Å². The monoisotopic (exact) mass is 521 g/mol. The minimum absolute atomic E-state index is 0.0326. The molecule has 1 heterocycles. The fourth-order valence-corrected chi connectivity index (χ4v) is 5.88. The summed E-state index contributed by atoms with van der Waals surface area (Å²) < 4.78 is 12.1. The number of carbonyl (C=O) groups is 2. The van der Waals surface area contributed by atoms with Crippen molar-refractivity contribution in [2.24, 2.45) is 11.3 Å². The van der Waals surface area contributed by atoms with Crippen LogP contribution in [0.3, 0.4) is 0 Å². The quantitative estimate of drug-likeness (QED) is 0.346. The SMILES string of the molecule is CC(NC(=O)C1(CC2=CCC=CC(OCC3CCCCCC3)=C2)CCCOCC1)c1ccc(C(=O)O)cc1. The Bertz CT molecular complexity index is 1020. The van der Waals surface area contributed by atoms with Gasteiger partial charge in [0, 0.05) is 13.2 Å². The van der Waals surface area contributed by atoms with E-state index in [1.807, 2.05) is 6.92 Å². The number of benzene rings is 1. The molecule has 6 nitrogen and oxygen atoms in total. The van der Waals surface area contributed by atoms with Gasteiger partial charge in [-0.1, -0.05) is 50.0 Å². The van der Waals surface area contributed by atoms with Crippen LogP contribution in [-0.4, -0.2) is 36.8 Å². The van der Waals surface area contributed by atoms with Crippen molar-refractivity contribution in [2.45, 2.75) is 83.6 Å². The smallest absolute Gasteiger partial charge is 0.335 e. The van der Waals surface area contributed by atoms with Gasteiger partial charge < -0.3 is 19.9 Å². The maximum absolute atomic E-state index is 13.9. The van der Waals surface area contributed by atoms with Crippen molar-refractivity contribution < 1.29 is 24.2 Å². The largest absolute Gasteiger partial charge is 0.493 e. The van der Waals surface area contributed by atoms with E-state index in [4.69, 9.17) is 9.47 Å². The van der Waals surface area contributed by atoms with E-state index in [0.717, 1.165) is 42.8 Å². The molecule has 4 rings (SSSR count). The molecule has 6 heteroatoms. The average molecular weight is 522 g/mol. The molecule has 1 aromatic rings. The van der Waals surface area contributed by atoms with Gasteiger partial charge in [0.25, 0.3) is 0 Å². The Morgan fingerprint density at radius 3 is 2.58 bits per heavy atom. The van der Waals surface area contributed by atoms with Crippen molar-refractivity contribution in [1.82, 2.24) is 5.32 Å². The predicted molar refractivity (Wildman–Crippen MR) is 149 cm³/mol. The number of carboxylic acids is 1. The molecule has 2 aliphatic carbocycles. The molecule has 0 aromatic heterocycles. The highest BCUT2D eigenvalue weighted by molar-refractivity contribution is 5.87. The Balaban J connectivity index is 1.46. The average Bonchev–Trinajstić information content (AvgIpc) is 3.41. The normalized spacial score (nSPS) is 23.7. The van der Waals surface area contributed by atoms with Gasteiger partial charge in [0.1, 0.15) is 5.76 Å². The van der Waals surface area contributed by atoms with Crippen molar-refractivity contribution >= 4 is 11.9 Å². The lowest BCUT2D eigenvalue weighted by molar-refractivity contribution is -0.132. The molecule has 0 spiro atoms. The highest BCUT2D eigenvalue weighted by atomic mass is 16.5. The Kier molecular flexibility index (Phi) is 10.2. The summed E-state index contributed by atoms with van der Waals surface area (Å²) in [6.07, 6.45) is 20.1. The Labute approximate surface area is 227 Å². The van der Waals surface area contributed by atoms with Gasteiger partial charge in [-0.25, -0.2) is 4.79 Å². The van der Waals surface area contributed by atoms with Gasteiger partial charge in [0.15, 0.2) is 0 Å². The van der Waals surface area contributed by atoms with Gasteiger partial charge >= 0.3 is 5.97 Å². The number of nitrogens with one attached hydrogen (secondary N) is 1. The third-order valence-electron chi connectivity index (χ3n) is 8.28. The Hall–Kier alpha value is -2.86. The summed E-state index contributed by atoms with van der Waals surface area (Å²) in [6, 6.07) is 6.49. The summed E-state index contributed by atoms with van der Waals surface area (Å²) in [7, 11) is 0. The number of carbonyl (C=O) groups excluding carboxylic acids is 1. The molecule has 3 aliphatic rings. The van der Waals surface area contributed by atoms with E-state index >= 15 is 0 Å². The maximum Gasteiger partial charge on any atom is 0.335 e. The molecule has 1 amide bonds. The van der Waals surface area contributed by atoms with Crippen molar-refractivity contribution in [3.05, 3.63) is 71.0 Å². The van der Waals surface area contributed by atoms with Crippen molar-refractivity contribution in [3.8, 4) is 0 Å². The number of aromatic carboxylic acids is 1. The first kappa shape index (κ1) is 28.2. The van der Waals surface area contributed by atoms with Gasteiger partial charge in [-0.15, -0.1) is 0 Å². The predicted octanol–water partition coefficient (Wildman–Crippen LogP) is 6.90. The fourth-order valence-electron chi connectivity index (χ4n) is 5.88. The fraction of sp³-hybridized carbons (Fsp3) is 0.562. The molecular weight excluding hydrogens is 478 g/mol. The second-order valence-corrected chi connectivity index (χ2v) is 11.2. The molecule has 206 valence electrons. The Morgan fingerprint density at radius 2 is 1.84 bits per heavy atom. The first-order chi connectivity index (χ1) is 18.4. The van der Waals surface area contributed by atoms with E-state index in [2.05, 4.69) is 29.6 Å². The lowest BCUT2D eigenvalue weighted by Crippen LogP contribution is -2.42. The topological polar surface area (TPSA) is 84.9 Å². The molecule has 0 bridgehead atoms. The first-order valence-corrected chi connectivity index (χ1v) is 14.4. The molecule has 38 heavy (non-hydrogen) atoms. The lowest BCUT2D eigenvalue weighted by atomic mass is 9.74. The van der Waals surface area contributed by atoms with Gasteiger partial charge in [0.2, 0.25) is 5.91 Å². The molecule has 1 saturated carbocycles. The zero-order valence-corrected chi connectivity index (χ0v) is 22.8. The van der Waals surface area contributed by atoms with Crippen molar-refractivity contribution in [2.75, 3.05) is 19.8 Å². The highest BCUT2D eigenvalue weighted by Gasteiger charge is 2.40. The van der Waals surface area contributed by atoms with Gasteiger partial charge in [-0.3, -0.25) is 4.79 Å². The number of hydrogen-bond acceptors (Lipinski definition) is 4. The van der Waals surface area contributed by atoms with Crippen molar-refractivity contribution in [1.29, 1.82) is 0 Å². The van der Waals surface area contributed by atoms with Crippen LogP contribution in [0.1, 0.15) is 99.5 Å². The zero-order valence-electron chi connectivity index (χ0n) is 22.8. The summed E-state index contributed by atoms with van der Waals surface area (Å²) >= 11 is 0. The standard InChI is InChI=1S/C32H43NO5/c1-24(27-13-15-28(16-14-27)30(34)35)33-31(36)32(17-8-19-37-20-18-32)22-26-11-6-7-12-29(21-26)38-23-25-9-4-2-3-5-10-25/h7,11-16,21,24-25H,2-6,8-10,17-20,22-23H2,1H3,(H,33,36)(H,34,35). The molecule has 1 aromatic carbocycles. The molecule has 2 unspecified atom stereocenters. The van der Waals surface area contributed by atoms with Crippen LogP contribution in [0.4, 0.5) is 0 Å². The number of allylic oxidation sites excluding steroid dienone is 5. The molecule has 2 fully saturated rings. The van der Waals surface area contributed by atoms with Crippen LogP contribution in [0.25, 0.3) is 0 Å². The van der Waals surface area contributed by atoms with E-state index in [1.54, 1.807) is 24.3 Å². The van der Waals surface area contributed by atoms with E-state index in [-0.39, 0.29) is 17.5 Å². The first-order valence-electron chi connectivity index (χ1n) is 14.4. The van der Waals surface area contributed by atoms with E-state index < -0.39 is 11.4 Å². The molecule has 0 radical (unpaired) electrons. The highest BCUT2D eigenvalue weighted by Crippen LogP contribution is 2.39. The van der Waals surface area contributed by atoms with Crippen LogP contribution in [0.15, 0.2) is 59.9 Å². The number of hydrogen-bond donors (Lipinski definition) is 2. The van der Waals surface area contributed by atoms with E-state index in [0.29, 0.717) is 32.0 Å². The summed E-state index contributed by atoms with van der Waals surface area (Å²) in [5, 5.41) is 12.4. The molecule has 2 N–H and O–H groups in total. The van der Waals surface area contributed by atoms with Crippen LogP contribution in [0.2, 0.25) is 0 Å². The number of amides is 1. The van der Waals surface area contributed by atoms with Gasteiger partial charge in [-0.05, 0) is 93.2 Å². The van der Waals surface area contributed by atoms with Crippen LogP contribution in [0, 0.1) is 11.3 Å². The molecule has 1 saturated heterocycles. The number of rotatable bonds is 9. The van der Waals surface area contributed by atoms with Crippen LogP contribution in [0.5, 0.6) is 0 Å². The molecule has 1 aliphatic heterocycles.